The fourth-order valence-corrected chi connectivity index (χ4v) is 8.20. The predicted molar refractivity (Wildman–Crippen MR) is 187 cm³/mol. The molecule has 0 radical (unpaired) electrons. The van der Waals surface area contributed by atoms with Crippen LogP contribution in [0.15, 0.2) is 29.8 Å². The molecule has 2 saturated carbocycles. The van der Waals surface area contributed by atoms with Gasteiger partial charge >= 0.3 is 12.2 Å². The first kappa shape index (κ1) is 39.0. The summed E-state index contributed by atoms with van der Waals surface area (Å²) in [6.45, 7) is 7.12. The lowest BCUT2D eigenvalue weighted by atomic mass is 10.0. The first-order valence-corrected chi connectivity index (χ1v) is 19.5. The molecule has 0 aromatic heterocycles. The van der Waals surface area contributed by atoms with Crippen molar-refractivity contribution in [3.63, 3.8) is 0 Å². The molecule has 1 aromatic carbocycles. The molecule has 0 bridgehead atoms. The third-order valence-corrected chi connectivity index (χ3v) is 11.7. The molecule has 1 saturated heterocycles. The molecule has 0 spiro atoms. The van der Waals surface area contributed by atoms with Gasteiger partial charge in [0.05, 0.1) is 18.3 Å². The number of rotatable bonds is 14. The third-order valence-electron chi connectivity index (χ3n) is 9.90. The van der Waals surface area contributed by atoms with Crippen molar-refractivity contribution in [1.29, 1.82) is 0 Å². The lowest BCUT2D eigenvalue weighted by Crippen LogP contribution is -2.53. The lowest BCUT2D eigenvalue weighted by Gasteiger charge is -2.28. The van der Waals surface area contributed by atoms with Gasteiger partial charge < -0.3 is 25.4 Å². The molecule has 1 aromatic rings. The number of carbonyl (C=O) groups excluding carboxylic acids is 5. The zero-order valence-electron chi connectivity index (χ0n) is 30.2. The average molecular weight is 748 g/mol. The van der Waals surface area contributed by atoms with Crippen LogP contribution in [0.5, 0.6) is 0 Å². The van der Waals surface area contributed by atoms with Gasteiger partial charge in [0.15, 0.2) is 0 Å². The maximum atomic E-state index is 14.2. The Balaban J connectivity index is 1.13. The molecule has 4 aliphatic rings. The van der Waals surface area contributed by atoms with Crippen LogP contribution in [0.2, 0.25) is 0 Å². The van der Waals surface area contributed by atoms with Gasteiger partial charge in [-0.25, -0.2) is 22.4 Å². The van der Waals surface area contributed by atoms with Crippen LogP contribution in [0, 0.1) is 17.7 Å². The number of unbranched alkanes of at least 4 members (excludes halogenated alkanes) is 3. The first-order chi connectivity index (χ1) is 24.4. The SMILES string of the molecule is C/C(=C/CCCCCC(NC(=O)OC(C)(C)C)C(=O)N1C[C@H](OC(=O)N2Cc3cccc(F)c3C2)C[C@H]1C(N)=O)[C@@H]1C[C@@H]1C(=O)NS(=O)(=O)C1CC1. The van der Waals surface area contributed by atoms with Crippen molar-refractivity contribution in [3.05, 3.63) is 46.8 Å². The van der Waals surface area contributed by atoms with Gasteiger partial charge in [0.25, 0.3) is 0 Å². The zero-order valence-corrected chi connectivity index (χ0v) is 31.0. The Kier molecular flexibility index (Phi) is 11.9. The normalized spacial score (nSPS) is 23.4. The number of alkyl carbamates (subject to hydrolysis) is 1. The molecular formula is C36H50FN5O9S. The summed E-state index contributed by atoms with van der Waals surface area (Å²) >= 11 is 0. The Morgan fingerprint density at radius 1 is 1.06 bits per heavy atom. The van der Waals surface area contributed by atoms with E-state index in [0.29, 0.717) is 49.7 Å². The standard InChI is InChI=1S/C36H50FN5O9S/c1-21(25-17-26(25)32(44)40-52(48,49)24-14-15-24)10-7-5-6-8-13-29(39-34(46)51-36(2,3)4)33(45)42-19-23(16-30(42)31(38)43)50-35(47)41-18-22-11-9-12-28(37)27(22)20-41/h9-12,23-26,29-30H,5-8,13-20H2,1-4H3,(H2,38,43)(H,39,46)(H,40,44)/b21-10-/t23-,25+,26+,29?,30+/m1/s1. The van der Waals surface area contributed by atoms with Gasteiger partial charge in [-0.3, -0.25) is 24.0 Å². The van der Waals surface area contributed by atoms with Crippen LogP contribution in [0.25, 0.3) is 0 Å². The summed E-state index contributed by atoms with van der Waals surface area (Å²) in [6, 6.07) is 2.52. The largest absolute Gasteiger partial charge is 0.444 e. The molecule has 52 heavy (non-hydrogen) atoms. The van der Waals surface area contributed by atoms with Crippen LogP contribution >= 0.6 is 0 Å². The summed E-state index contributed by atoms with van der Waals surface area (Å²) < 4.78 is 51.7. The van der Waals surface area contributed by atoms with Crippen LogP contribution in [-0.4, -0.2) is 83.7 Å². The minimum atomic E-state index is -3.57. The average Bonchev–Trinajstić information content (AvgIpc) is 3.97. The second-order valence-electron chi connectivity index (χ2n) is 15.3. The van der Waals surface area contributed by atoms with Crippen molar-refractivity contribution in [1.82, 2.24) is 19.8 Å². The van der Waals surface area contributed by atoms with Gasteiger partial charge in [-0.05, 0) is 83.8 Å². The van der Waals surface area contributed by atoms with Gasteiger partial charge in [-0.2, -0.15) is 0 Å². The van der Waals surface area contributed by atoms with Crippen molar-refractivity contribution in [3.8, 4) is 0 Å². The quantitative estimate of drug-likeness (QED) is 0.188. The van der Waals surface area contributed by atoms with Crippen molar-refractivity contribution in [2.45, 2.75) is 128 Å². The van der Waals surface area contributed by atoms with Crippen LogP contribution in [0.4, 0.5) is 14.0 Å². The van der Waals surface area contributed by atoms with Crippen LogP contribution in [0.1, 0.15) is 96.6 Å². The molecule has 14 nitrogen and oxygen atoms in total. The molecule has 5 rings (SSSR count). The number of hydrogen-bond acceptors (Lipinski definition) is 9. The number of likely N-dealkylation sites (tertiary alicyclic amines) is 1. The van der Waals surface area contributed by atoms with Crippen LogP contribution < -0.4 is 15.8 Å². The van der Waals surface area contributed by atoms with Gasteiger partial charge in [-0.15, -0.1) is 0 Å². The summed E-state index contributed by atoms with van der Waals surface area (Å²) in [5, 5.41) is 2.20. The van der Waals surface area contributed by atoms with E-state index in [1.165, 1.54) is 15.9 Å². The fourth-order valence-electron chi connectivity index (χ4n) is 6.85. The molecule has 2 heterocycles. The Hall–Kier alpha value is -4.21. The Morgan fingerprint density at radius 2 is 1.79 bits per heavy atom. The van der Waals surface area contributed by atoms with Gasteiger partial charge in [-0.1, -0.05) is 36.6 Å². The highest BCUT2D eigenvalue weighted by Gasteiger charge is 2.47. The lowest BCUT2D eigenvalue weighted by molar-refractivity contribution is -0.139. The molecule has 4 N–H and O–H groups in total. The third kappa shape index (κ3) is 10.0. The van der Waals surface area contributed by atoms with Gasteiger partial charge in [0, 0.05) is 24.4 Å². The molecule has 286 valence electrons. The molecule has 2 aliphatic carbocycles. The second kappa shape index (κ2) is 15.8. The number of amides is 5. The van der Waals surface area contributed by atoms with E-state index < -0.39 is 74.8 Å². The van der Waals surface area contributed by atoms with E-state index in [4.69, 9.17) is 15.2 Å². The fraction of sp³-hybridized carbons (Fsp3) is 0.639. The maximum absolute atomic E-state index is 14.2. The highest BCUT2D eigenvalue weighted by atomic mass is 32.2. The van der Waals surface area contributed by atoms with Crippen molar-refractivity contribution < 1.29 is 46.3 Å². The van der Waals surface area contributed by atoms with Crippen molar-refractivity contribution in [2.24, 2.45) is 17.6 Å². The number of ether oxygens (including phenoxy) is 2. The van der Waals surface area contributed by atoms with E-state index in [0.717, 1.165) is 12.0 Å². The minimum absolute atomic E-state index is 0.0193. The molecule has 5 atom stereocenters. The summed E-state index contributed by atoms with van der Waals surface area (Å²) in [7, 11) is -3.57. The van der Waals surface area contributed by atoms with Crippen LogP contribution in [0.3, 0.4) is 0 Å². The second-order valence-corrected chi connectivity index (χ2v) is 17.3. The van der Waals surface area contributed by atoms with E-state index in [1.54, 1.807) is 32.9 Å². The van der Waals surface area contributed by atoms with Gasteiger partial charge in [0.1, 0.15) is 29.6 Å². The number of sulfonamides is 1. The number of fused-ring (bicyclic) bond motifs is 1. The monoisotopic (exact) mass is 747 g/mol. The summed E-state index contributed by atoms with van der Waals surface area (Å²) in [5.41, 5.74) is 6.98. The van der Waals surface area contributed by atoms with Crippen LogP contribution in [-0.2, 0) is 47.0 Å². The number of allylic oxidation sites excluding steroid dienone is 2. The van der Waals surface area contributed by atoms with Crippen molar-refractivity contribution in [2.75, 3.05) is 6.54 Å². The Bertz CT molecular complexity index is 1710. The van der Waals surface area contributed by atoms with E-state index in [-0.39, 0.29) is 44.3 Å². The molecule has 3 fully saturated rings. The Morgan fingerprint density at radius 3 is 2.44 bits per heavy atom. The molecule has 5 amide bonds. The number of halogens is 1. The van der Waals surface area contributed by atoms with E-state index in [2.05, 4.69) is 16.1 Å². The maximum Gasteiger partial charge on any atom is 0.410 e. The Labute approximate surface area is 304 Å². The number of benzene rings is 1. The molecule has 16 heteroatoms. The highest BCUT2D eigenvalue weighted by molar-refractivity contribution is 7.90. The number of nitrogens with zero attached hydrogens (tertiary/aromatic N) is 2. The summed E-state index contributed by atoms with van der Waals surface area (Å²) in [4.78, 5) is 67.2. The van der Waals surface area contributed by atoms with E-state index in [1.807, 2.05) is 6.92 Å². The molecule has 2 aliphatic heterocycles. The number of nitrogens with one attached hydrogen (secondary N) is 2. The van der Waals surface area contributed by atoms with E-state index >= 15 is 0 Å². The first-order valence-electron chi connectivity index (χ1n) is 18.0. The molecular weight excluding hydrogens is 697 g/mol. The van der Waals surface area contributed by atoms with E-state index in [9.17, 15) is 36.8 Å². The van der Waals surface area contributed by atoms with Gasteiger partial charge in [0.2, 0.25) is 27.7 Å². The number of nitrogens with two attached hydrogens (primary N) is 1. The zero-order chi connectivity index (χ0) is 38.0. The van der Waals surface area contributed by atoms with Crippen molar-refractivity contribution >= 4 is 39.9 Å². The highest BCUT2D eigenvalue weighted by Crippen LogP contribution is 2.44. The topological polar surface area (TPSA) is 195 Å². The number of primary amides is 1. The minimum Gasteiger partial charge on any atom is -0.444 e. The smallest absolute Gasteiger partial charge is 0.410 e. The number of carbonyl (C=O) groups is 5. The summed E-state index contributed by atoms with van der Waals surface area (Å²) in [6.07, 6.45) is 4.45. The number of hydrogen-bond donors (Lipinski definition) is 3. The molecule has 1 unspecified atom stereocenters. The predicted octanol–water partition coefficient (Wildman–Crippen LogP) is 3.77. The summed E-state index contributed by atoms with van der Waals surface area (Å²) in [5.74, 6) is -2.50.